The van der Waals surface area contributed by atoms with Crippen LogP contribution < -0.4 is 11.2 Å². The molecule has 0 aliphatic carbocycles. The number of para-hydroxylation sites is 1. The van der Waals surface area contributed by atoms with Crippen LogP contribution >= 0.6 is 23.2 Å². The monoisotopic (exact) mass is 390 g/mol. The Morgan fingerprint density at radius 1 is 1.12 bits per heavy atom. The van der Waals surface area contributed by atoms with E-state index in [1.54, 1.807) is 42.5 Å². The van der Waals surface area contributed by atoms with Gasteiger partial charge in [-0.2, -0.15) is 0 Å². The number of aldehydes is 1. The van der Waals surface area contributed by atoms with Crippen LogP contribution in [0.5, 0.6) is 0 Å². The van der Waals surface area contributed by atoms with E-state index in [9.17, 15) is 14.4 Å². The van der Waals surface area contributed by atoms with Crippen molar-refractivity contribution in [3.8, 4) is 0 Å². The number of hydrogen-bond donors (Lipinski definition) is 0. The highest BCUT2D eigenvalue weighted by atomic mass is 35.5. The lowest BCUT2D eigenvalue weighted by Crippen LogP contribution is -2.42. The first-order valence-electron chi connectivity index (χ1n) is 8.11. The molecule has 1 atom stereocenters. The second-order valence-corrected chi connectivity index (χ2v) is 6.75. The van der Waals surface area contributed by atoms with Crippen molar-refractivity contribution in [2.24, 2.45) is 0 Å². The van der Waals surface area contributed by atoms with E-state index in [0.29, 0.717) is 32.9 Å². The lowest BCUT2D eigenvalue weighted by molar-refractivity contribution is -0.110. The molecule has 0 aliphatic heterocycles. The highest BCUT2D eigenvalue weighted by molar-refractivity contribution is 6.35. The minimum absolute atomic E-state index is 0.00616. The molecule has 1 aromatic heterocycles. The Balaban J connectivity index is 2.30. The number of benzene rings is 2. The van der Waals surface area contributed by atoms with E-state index in [1.807, 2.05) is 6.92 Å². The molecule has 0 amide bonds. The molecule has 0 fully saturated rings. The smallest absolute Gasteiger partial charge is 0.301 e. The van der Waals surface area contributed by atoms with Crippen molar-refractivity contribution in [1.82, 2.24) is 9.13 Å². The van der Waals surface area contributed by atoms with Gasteiger partial charge in [0.05, 0.1) is 23.5 Å². The normalized spacial score (nSPS) is 12.3. The average molecular weight is 391 g/mol. The third-order valence-electron chi connectivity index (χ3n) is 4.33. The molecule has 0 N–H and O–H groups in total. The molecule has 7 heteroatoms. The first-order chi connectivity index (χ1) is 12.5. The molecule has 2 aromatic carbocycles. The van der Waals surface area contributed by atoms with Gasteiger partial charge < -0.3 is 4.79 Å². The molecular weight excluding hydrogens is 375 g/mol. The zero-order valence-electron chi connectivity index (χ0n) is 14.0. The molecular formula is C19H16Cl2N2O3. The molecule has 26 heavy (non-hydrogen) atoms. The van der Waals surface area contributed by atoms with Crippen LogP contribution in [0.2, 0.25) is 10.0 Å². The number of hydrogen-bond acceptors (Lipinski definition) is 3. The minimum Gasteiger partial charge on any atom is -0.301 e. The summed E-state index contributed by atoms with van der Waals surface area (Å²) in [5, 5.41) is 1.21. The van der Waals surface area contributed by atoms with Crippen LogP contribution in [-0.2, 0) is 11.3 Å². The van der Waals surface area contributed by atoms with Crippen molar-refractivity contribution in [3.63, 3.8) is 0 Å². The van der Waals surface area contributed by atoms with Crippen molar-refractivity contribution in [3.05, 3.63) is 78.9 Å². The maximum absolute atomic E-state index is 13.0. The Morgan fingerprint density at radius 3 is 2.50 bits per heavy atom. The maximum Gasteiger partial charge on any atom is 0.332 e. The summed E-state index contributed by atoms with van der Waals surface area (Å²) in [6.45, 7) is 1.81. The molecule has 1 unspecified atom stereocenters. The van der Waals surface area contributed by atoms with E-state index in [0.717, 1.165) is 10.9 Å². The fourth-order valence-corrected chi connectivity index (χ4v) is 3.42. The topological polar surface area (TPSA) is 61.1 Å². The zero-order valence-corrected chi connectivity index (χ0v) is 15.5. The minimum atomic E-state index is -0.653. The molecule has 134 valence electrons. The Morgan fingerprint density at radius 2 is 1.85 bits per heavy atom. The van der Waals surface area contributed by atoms with Crippen LogP contribution in [0.3, 0.4) is 0 Å². The second-order valence-electron chi connectivity index (χ2n) is 5.91. The molecule has 0 radical (unpaired) electrons. The SMILES string of the molecule is CCC(C=O)n1c(=O)n(Cc2ccc(Cl)cc2Cl)c(=O)c2ccccc21. The van der Waals surface area contributed by atoms with Crippen molar-refractivity contribution in [2.75, 3.05) is 0 Å². The van der Waals surface area contributed by atoms with Gasteiger partial charge in [-0.25, -0.2) is 4.79 Å². The van der Waals surface area contributed by atoms with Crippen LogP contribution in [0.4, 0.5) is 0 Å². The Labute approximate surface area is 159 Å². The lowest BCUT2D eigenvalue weighted by atomic mass is 10.1. The van der Waals surface area contributed by atoms with Gasteiger partial charge in [-0.3, -0.25) is 13.9 Å². The van der Waals surface area contributed by atoms with Gasteiger partial charge in [-0.1, -0.05) is 48.3 Å². The molecule has 0 saturated heterocycles. The van der Waals surface area contributed by atoms with E-state index in [2.05, 4.69) is 0 Å². The zero-order chi connectivity index (χ0) is 18.8. The van der Waals surface area contributed by atoms with Gasteiger partial charge in [0.1, 0.15) is 6.29 Å². The van der Waals surface area contributed by atoms with Gasteiger partial charge in [-0.15, -0.1) is 0 Å². The number of carbonyl (C=O) groups excluding carboxylic acids is 1. The number of fused-ring (bicyclic) bond motifs is 1. The largest absolute Gasteiger partial charge is 0.332 e. The van der Waals surface area contributed by atoms with E-state index in [4.69, 9.17) is 23.2 Å². The van der Waals surface area contributed by atoms with Gasteiger partial charge in [0, 0.05) is 10.0 Å². The van der Waals surface area contributed by atoms with E-state index in [-0.39, 0.29) is 6.54 Å². The molecule has 3 rings (SSSR count). The maximum atomic E-state index is 13.0. The molecule has 0 bridgehead atoms. The Kier molecular flexibility index (Phi) is 5.30. The quantitative estimate of drug-likeness (QED) is 0.624. The first kappa shape index (κ1) is 18.4. The van der Waals surface area contributed by atoms with Gasteiger partial charge >= 0.3 is 5.69 Å². The molecule has 1 heterocycles. The van der Waals surface area contributed by atoms with Crippen LogP contribution in [0.15, 0.2) is 52.1 Å². The summed E-state index contributed by atoms with van der Waals surface area (Å²) in [4.78, 5) is 37.4. The third-order valence-corrected chi connectivity index (χ3v) is 4.91. The van der Waals surface area contributed by atoms with Gasteiger partial charge in [0.2, 0.25) is 0 Å². The van der Waals surface area contributed by atoms with E-state index >= 15 is 0 Å². The summed E-state index contributed by atoms with van der Waals surface area (Å²) in [6, 6.07) is 11.0. The molecule has 0 saturated carbocycles. The summed E-state index contributed by atoms with van der Waals surface area (Å²) in [5.41, 5.74) is 0.0726. The highest BCUT2D eigenvalue weighted by Gasteiger charge is 2.19. The van der Waals surface area contributed by atoms with Gasteiger partial charge in [0.25, 0.3) is 5.56 Å². The number of halogens is 2. The van der Waals surface area contributed by atoms with Gasteiger partial charge in [0.15, 0.2) is 0 Å². The summed E-state index contributed by atoms with van der Waals surface area (Å²) < 4.78 is 2.47. The summed E-state index contributed by atoms with van der Waals surface area (Å²) in [6.07, 6.45) is 1.16. The van der Waals surface area contributed by atoms with Crippen molar-refractivity contribution in [2.45, 2.75) is 25.9 Å². The number of carbonyl (C=O) groups is 1. The predicted molar refractivity (Wildman–Crippen MR) is 103 cm³/mol. The van der Waals surface area contributed by atoms with Crippen LogP contribution in [0.25, 0.3) is 10.9 Å². The predicted octanol–water partition coefficient (Wildman–Crippen LogP) is 3.67. The Hall–Kier alpha value is -2.37. The highest BCUT2D eigenvalue weighted by Crippen LogP contribution is 2.21. The van der Waals surface area contributed by atoms with Crippen molar-refractivity contribution in [1.29, 1.82) is 0 Å². The molecule has 0 spiro atoms. The van der Waals surface area contributed by atoms with Crippen molar-refractivity contribution < 1.29 is 4.79 Å². The second kappa shape index (κ2) is 7.48. The standard InChI is InChI=1S/C19H16Cl2N2O3/c1-2-14(11-24)23-17-6-4-3-5-15(17)18(25)22(19(23)26)10-12-7-8-13(20)9-16(12)21/h3-9,11,14H,2,10H2,1H3. The third kappa shape index (κ3) is 3.20. The lowest BCUT2D eigenvalue weighted by Gasteiger charge is -2.18. The van der Waals surface area contributed by atoms with E-state index in [1.165, 1.54) is 4.57 Å². The summed E-state index contributed by atoms with van der Waals surface area (Å²) in [5.74, 6) is 0. The average Bonchev–Trinajstić information content (AvgIpc) is 2.63. The molecule has 0 aliphatic rings. The van der Waals surface area contributed by atoms with E-state index < -0.39 is 17.3 Å². The van der Waals surface area contributed by atoms with Crippen molar-refractivity contribution >= 4 is 40.4 Å². The molecule has 5 nitrogen and oxygen atoms in total. The number of nitrogens with zero attached hydrogens (tertiary/aromatic N) is 2. The summed E-state index contributed by atoms with van der Waals surface area (Å²) >= 11 is 12.1. The number of rotatable bonds is 5. The van der Waals surface area contributed by atoms with Gasteiger partial charge in [-0.05, 0) is 36.2 Å². The molecule has 3 aromatic rings. The van der Waals surface area contributed by atoms with Crippen LogP contribution in [0.1, 0.15) is 24.9 Å². The van der Waals surface area contributed by atoms with Crippen LogP contribution in [0, 0.1) is 0 Å². The Bertz CT molecular complexity index is 1100. The fourth-order valence-electron chi connectivity index (χ4n) is 2.95. The summed E-state index contributed by atoms with van der Waals surface area (Å²) in [7, 11) is 0. The fraction of sp³-hybridized carbons (Fsp3) is 0.211. The number of aromatic nitrogens is 2. The van der Waals surface area contributed by atoms with Crippen LogP contribution in [-0.4, -0.2) is 15.4 Å². The first-order valence-corrected chi connectivity index (χ1v) is 8.86.